The summed E-state index contributed by atoms with van der Waals surface area (Å²) in [6.45, 7) is 2.73. The van der Waals surface area contributed by atoms with Crippen molar-refractivity contribution in [3.05, 3.63) is 11.1 Å². The summed E-state index contributed by atoms with van der Waals surface area (Å²) in [6, 6.07) is 0. The van der Waals surface area contributed by atoms with Gasteiger partial charge in [0.2, 0.25) is 0 Å². The van der Waals surface area contributed by atoms with E-state index in [9.17, 15) is 9.59 Å². The molecule has 2 rings (SSSR count). The van der Waals surface area contributed by atoms with Crippen LogP contribution in [-0.2, 0) is 9.59 Å². The molecule has 0 aromatic heterocycles. The molecule has 3 nitrogen and oxygen atoms in total. The first-order chi connectivity index (χ1) is 7.75. The van der Waals surface area contributed by atoms with Gasteiger partial charge in [0.25, 0.3) is 11.8 Å². The zero-order valence-corrected chi connectivity index (χ0v) is 9.92. The largest absolute Gasteiger partial charge is 0.275 e. The van der Waals surface area contributed by atoms with Crippen molar-refractivity contribution in [2.45, 2.75) is 51.9 Å². The maximum atomic E-state index is 12.0. The molecule has 0 unspecified atom stereocenters. The van der Waals surface area contributed by atoms with Crippen LogP contribution in [0.15, 0.2) is 11.1 Å². The third kappa shape index (κ3) is 1.91. The molecule has 1 aliphatic heterocycles. The van der Waals surface area contributed by atoms with E-state index in [0.29, 0.717) is 6.54 Å². The summed E-state index contributed by atoms with van der Waals surface area (Å²) in [4.78, 5) is 25.4. The third-order valence-electron chi connectivity index (χ3n) is 3.46. The quantitative estimate of drug-likeness (QED) is 0.540. The Morgan fingerprint density at radius 3 is 2.06 bits per heavy atom. The molecule has 2 aliphatic rings. The summed E-state index contributed by atoms with van der Waals surface area (Å²) in [5.41, 5.74) is 1.63. The molecule has 0 fully saturated rings. The molecule has 0 bridgehead atoms. The molecule has 1 heterocycles. The number of unbranched alkanes of at least 4 members (excludes halogenated alkanes) is 2. The Balaban J connectivity index is 2.03. The minimum absolute atomic E-state index is 0.00389. The van der Waals surface area contributed by atoms with Crippen LogP contribution in [-0.4, -0.2) is 23.3 Å². The van der Waals surface area contributed by atoms with Gasteiger partial charge in [-0.05, 0) is 32.1 Å². The summed E-state index contributed by atoms with van der Waals surface area (Å²) >= 11 is 0. The summed E-state index contributed by atoms with van der Waals surface area (Å²) in [5, 5.41) is 0. The van der Waals surface area contributed by atoms with Crippen molar-refractivity contribution in [3.63, 3.8) is 0 Å². The Bertz CT molecular complexity index is 316. The minimum atomic E-state index is -0.00389. The fourth-order valence-corrected chi connectivity index (χ4v) is 2.52. The lowest BCUT2D eigenvalue weighted by atomic mass is 9.93. The molecule has 0 aromatic rings. The lowest BCUT2D eigenvalue weighted by Gasteiger charge is -2.14. The summed E-state index contributed by atoms with van der Waals surface area (Å²) in [7, 11) is 0. The van der Waals surface area contributed by atoms with Gasteiger partial charge in [0.15, 0.2) is 0 Å². The molecule has 88 valence electrons. The summed E-state index contributed by atoms with van der Waals surface area (Å²) in [5.74, 6) is -0.00777. The van der Waals surface area contributed by atoms with Gasteiger partial charge in [0.05, 0.1) is 0 Å². The van der Waals surface area contributed by atoms with Crippen LogP contribution in [0, 0.1) is 0 Å². The minimum Gasteiger partial charge on any atom is -0.275 e. The predicted molar refractivity (Wildman–Crippen MR) is 61.7 cm³/mol. The number of nitrogens with zero attached hydrogens (tertiary/aromatic N) is 1. The fourth-order valence-electron chi connectivity index (χ4n) is 2.52. The van der Waals surface area contributed by atoms with Crippen LogP contribution in [0.5, 0.6) is 0 Å². The number of hydrogen-bond donors (Lipinski definition) is 0. The van der Waals surface area contributed by atoms with Crippen molar-refractivity contribution >= 4 is 11.8 Å². The topological polar surface area (TPSA) is 37.4 Å². The van der Waals surface area contributed by atoms with E-state index in [1.165, 1.54) is 4.90 Å². The number of carbonyl (C=O) groups excluding carboxylic acids is 2. The van der Waals surface area contributed by atoms with Gasteiger partial charge in [-0.3, -0.25) is 14.5 Å². The predicted octanol–water partition coefficient (Wildman–Crippen LogP) is 2.42. The highest BCUT2D eigenvalue weighted by Gasteiger charge is 2.37. The van der Waals surface area contributed by atoms with Crippen LogP contribution in [0.25, 0.3) is 0 Å². The normalized spacial score (nSPS) is 20.7. The van der Waals surface area contributed by atoms with Gasteiger partial charge < -0.3 is 0 Å². The molecule has 0 saturated carbocycles. The van der Waals surface area contributed by atoms with Crippen LogP contribution in [0.2, 0.25) is 0 Å². The second-order valence-corrected chi connectivity index (χ2v) is 4.63. The first-order valence-electron chi connectivity index (χ1n) is 6.34. The number of amides is 2. The molecule has 0 N–H and O–H groups in total. The second-order valence-electron chi connectivity index (χ2n) is 4.63. The van der Waals surface area contributed by atoms with Crippen LogP contribution in [0.4, 0.5) is 0 Å². The lowest BCUT2D eigenvalue weighted by molar-refractivity contribution is -0.137. The van der Waals surface area contributed by atoms with Crippen LogP contribution in [0.3, 0.4) is 0 Å². The zero-order valence-electron chi connectivity index (χ0n) is 9.92. The van der Waals surface area contributed by atoms with Gasteiger partial charge in [-0.1, -0.05) is 19.8 Å². The molecular weight excluding hydrogens is 202 g/mol. The van der Waals surface area contributed by atoms with Gasteiger partial charge in [-0.2, -0.15) is 0 Å². The van der Waals surface area contributed by atoms with Gasteiger partial charge in [0, 0.05) is 17.7 Å². The van der Waals surface area contributed by atoms with Crippen molar-refractivity contribution < 1.29 is 9.59 Å². The number of hydrogen-bond acceptors (Lipinski definition) is 2. The first kappa shape index (κ1) is 11.4. The molecule has 16 heavy (non-hydrogen) atoms. The van der Waals surface area contributed by atoms with Crippen molar-refractivity contribution in [2.24, 2.45) is 0 Å². The van der Waals surface area contributed by atoms with E-state index in [-0.39, 0.29) is 11.8 Å². The van der Waals surface area contributed by atoms with E-state index in [1.807, 2.05) is 0 Å². The van der Waals surface area contributed by atoms with Gasteiger partial charge in [-0.15, -0.1) is 0 Å². The molecule has 0 atom stereocenters. The van der Waals surface area contributed by atoms with Crippen molar-refractivity contribution in [3.8, 4) is 0 Å². The summed E-state index contributed by atoms with van der Waals surface area (Å²) < 4.78 is 0. The average Bonchev–Trinajstić information content (AvgIpc) is 2.55. The van der Waals surface area contributed by atoms with Crippen LogP contribution >= 0.6 is 0 Å². The maximum absolute atomic E-state index is 12.0. The van der Waals surface area contributed by atoms with E-state index < -0.39 is 0 Å². The van der Waals surface area contributed by atoms with Gasteiger partial charge in [0.1, 0.15) is 0 Å². The maximum Gasteiger partial charge on any atom is 0.257 e. The Morgan fingerprint density at radius 2 is 1.56 bits per heavy atom. The average molecular weight is 221 g/mol. The fraction of sp³-hybridized carbons (Fsp3) is 0.692. The number of rotatable bonds is 4. The van der Waals surface area contributed by atoms with Crippen molar-refractivity contribution in [1.29, 1.82) is 0 Å². The van der Waals surface area contributed by atoms with Crippen molar-refractivity contribution in [1.82, 2.24) is 4.90 Å². The van der Waals surface area contributed by atoms with Gasteiger partial charge in [-0.25, -0.2) is 0 Å². The molecular formula is C13H19NO2. The summed E-state index contributed by atoms with van der Waals surface area (Å²) in [6.07, 6.45) is 6.87. The Labute approximate surface area is 96.5 Å². The van der Waals surface area contributed by atoms with E-state index in [1.54, 1.807) is 0 Å². The molecule has 3 heteroatoms. The smallest absolute Gasteiger partial charge is 0.257 e. The molecule has 0 saturated heterocycles. The first-order valence-corrected chi connectivity index (χ1v) is 6.34. The molecule has 0 aromatic carbocycles. The monoisotopic (exact) mass is 221 g/mol. The molecule has 0 radical (unpaired) electrons. The highest BCUT2D eigenvalue weighted by Crippen LogP contribution is 2.32. The molecule has 0 spiro atoms. The highest BCUT2D eigenvalue weighted by molar-refractivity contribution is 6.19. The van der Waals surface area contributed by atoms with E-state index in [2.05, 4.69) is 6.92 Å². The zero-order chi connectivity index (χ0) is 11.5. The number of carbonyl (C=O) groups is 2. The third-order valence-corrected chi connectivity index (χ3v) is 3.46. The molecule has 1 aliphatic carbocycles. The number of imide groups is 1. The second kappa shape index (κ2) is 4.81. The van der Waals surface area contributed by atoms with E-state index in [0.717, 1.165) is 56.1 Å². The lowest BCUT2D eigenvalue weighted by Crippen LogP contribution is -2.32. The molecule has 2 amide bonds. The SMILES string of the molecule is CCCCCN1C(=O)C2=C(CCCC2)C1=O. The Hall–Kier alpha value is -1.12. The van der Waals surface area contributed by atoms with Crippen LogP contribution < -0.4 is 0 Å². The van der Waals surface area contributed by atoms with E-state index >= 15 is 0 Å². The Kier molecular flexibility index (Phi) is 3.42. The standard InChI is InChI=1S/C13H19NO2/c1-2-3-6-9-14-12(15)10-7-4-5-8-11(10)13(14)16/h2-9H2,1H3. The highest BCUT2D eigenvalue weighted by atomic mass is 16.2. The van der Waals surface area contributed by atoms with Crippen molar-refractivity contribution in [2.75, 3.05) is 6.54 Å². The van der Waals surface area contributed by atoms with Gasteiger partial charge >= 0.3 is 0 Å². The van der Waals surface area contributed by atoms with E-state index in [4.69, 9.17) is 0 Å². The van der Waals surface area contributed by atoms with Crippen LogP contribution in [0.1, 0.15) is 51.9 Å². The Morgan fingerprint density at radius 1 is 1.00 bits per heavy atom.